The van der Waals surface area contributed by atoms with E-state index in [4.69, 9.17) is 27.9 Å². The van der Waals surface area contributed by atoms with Crippen molar-refractivity contribution in [3.8, 4) is 5.75 Å². The van der Waals surface area contributed by atoms with Crippen LogP contribution in [0.2, 0.25) is 10.0 Å². The van der Waals surface area contributed by atoms with Crippen LogP contribution in [0.1, 0.15) is 42.7 Å². The van der Waals surface area contributed by atoms with Crippen LogP contribution in [0.15, 0.2) is 30.5 Å². The second-order valence-electron chi connectivity index (χ2n) is 7.49. The van der Waals surface area contributed by atoms with Gasteiger partial charge >= 0.3 is 0 Å². The van der Waals surface area contributed by atoms with Crippen LogP contribution in [-0.4, -0.2) is 28.3 Å². The topological polar surface area (TPSA) is 85.6 Å². The van der Waals surface area contributed by atoms with Crippen molar-refractivity contribution in [2.45, 2.75) is 43.5 Å². The number of ether oxygens (including phenoxy) is 1. The first kappa shape index (κ1) is 19.0. The van der Waals surface area contributed by atoms with Gasteiger partial charge in [0.1, 0.15) is 12.4 Å². The predicted molar refractivity (Wildman–Crippen MR) is 111 cm³/mol. The van der Waals surface area contributed by atoms with E-state index in [1.54, 1.807) is 22.6 Å². The molecule has 0 bridgehead atoms. The Labute approximate surface area is 178 Å². The fourth-order valence-corrected chi connectivity index (χ4v) is 4.87. The Kier molecular flexibility index (Phi) is 4.60. The second-order valence-corrected chi connectivity index (χ2v) is 10.3. The minimum absolute atomic E-state index is 0.228. The van der Waals surface area contributed by atoms with Gasteiger partial charge < -0.3 is 4.74 Å². The molecule has 0 saturated heterocycles. The lowest BCUT2D eigenvalue weighted by Gasteiger charge is -2.13. The Bertz CT molecular complexity index is 1200. The van der Waals surface area contributed by atoms with Gasteiger partial charge in [-0.15, -0.1) is 10.2 Å². The van der Waals surface area contributed by atoms with Crippen molar-refractivity contribution in [3.63, 3.8) is 0 Å². The summed E-state index contributed by atoms with van der Waals surface area (Å²) >= 11 is 12.0. The molecular formula is C19H18Cl2N4O3S. The van der Waals surface area contributed by atoms with Crippen molar-refractivity contribution in [2.75, 3.05) is 4.72 Å². The molecule has 0 aliphatic heterocycles. The molecule has 2 fully saturated rings. The van der Waals surface area contributed by atoms with Gasteiger partial charge in [0, 0.05) is 12.3 Å². The van der Waals surface area contributed by atoms with Crippen molar-refractivity contribution in [1.82, 2.24) is 14.6 Å². The summed E-state index contributed by atoms with van der Waals surface area (Å²) in [5.41, 5.74) is 2.68. The number of fused-ring (bicyclic) bond motifs is 1. The van der Waals surface area contributed by atoms with Crippen LogP contribution in [0.4, 0.5) is 5.95 Å². The number of aromatic nitrogens is 3. The minimum Gasteiger partial charge on any atom is -0.489 e. The van der Waals surface area contributed by atoms with Crippen molar-refractivity contribution in [3.05, 3.63) is 51.6 Å². The van der Waals surface area contributed by atoms with Crippen LogP contribution >= 0.6 is 23.2 Å². The van der Waals surface area contributed by atoms with Crippen LogP contribution < -0.4 is 9.46 Å². The fourth-order valence-electron chi connectivity index (χ4n) is 3.26. The molecule has 10 heteroatoms. The van der Waals surface area contributed by atoms with Crippen molar-refractivity contribution in [1.29, 1.82) is 0 Å². The average Bonchev–Trinajstić information content (AvgIpc) is 3.59. The molecule has 0 radical (unpaired) electrons. The molecule has 1 aromatic carbocycles. The van der Waals surface area contributed by atoms with E-state index in [1.807, 2.05) is 12.3 Å². The van der Waals surface area contributed by atoms with E-state index >= 15 is 0 Å². The van der Waals surface area contributed by atoms with Gasteiger partial charge in [0.05, 0.1) is 15.3 Å². The van der Waals surface area contributed by atoms with E-state index in [9.17, 15) is 8.42 Å². The van der Waals surface area contributed by atoms with E-state index in [1.165, 1.54) is 0 Å². The van der Waals surface area contributed by atoms with E-state index in [-0.39, 0.29) is 11.2 Å². The van der Waals surface area contributed by atoms with Crippen LogP contribution in [0.5, 0.6) is 5.75 Å². The van der Waals surface area contributed by atoms with Gasteiger partial charge in [-0.05, 0) is 60.9 Å². The van der Waals surface area contributed by atoms with Crippen LogP contribution in [0.3, 0.4) is 0 Å². The second kappa shape index (κ2) is 7.04. The zero-order chi connectivity index (χ0) is 20.2. The minimum atomic E-state index is -3.40. The molecule has 1 N–H and O–H groups in total. The highest BCUT2D eigenvalue weighted by Crippen LogP contribution is 2.42. The molecule has 0 unspecified atom stereocenters. The molecule has 29 heavy (non-hydrogen) atoms. The number of rotatable bonds is 7. The molecule has 0 atom stereocenters. The summed E-state index contributed by atoms with van der Waals surface area (Å²) in [4.78, 5) is 0. The quantitative estimate of drug-likeness (QED) is 0.573. The monoisotopic (exact) mass is 452 g/mol. The molecule has 2 aliphatic carbocycles. The Balaban J connectivity index is 1.44. The van der Waals surface area contributed by atoms with Gasteiger partial charge in [0.15, 0.2) is 5.65 Å². The summed E-state index contributed by atoms with van der Waals surface area (Å²) in [6, 6.07) is 7.04. The first-order chi connectivity index (χ1) is 13.9. The number of hydrogen-bond donors (Lipinski definition) is 1. The Morgan fingerprint density at radius 1 is 1.10 bits per heavy atom. The summed E-state index contributed by atoms with van der Waals surface area (Å²) < 4.78 is 34.8. The van der Waals surface area contributed by atoms with Crippen molar-refractivity contribution < 1.29 is 13.2 Å². The first-order valence-electron chi connectivity index (χ1n) is 9.38. The highest BCUT2D eigenvalue weighted by Gasteiger charge is 2.36. The third-order valence-corrected chi connectivity index (χ3v) is 7.72. The Morgan fingerprint density at radius 3 is 2.59 bits per heavy atom. The van der Waals surface area contributed by atoms with Gasteiger partial charge in [-0.25, -0.2) is 8.42 Å². The number of anilines is 1. The number of nitrogens with zero attached hydrogens (tertiary/aromatic N) is 3. The summed E-state index contributed by atoms with van der Waals surface area (Å²) in [5, 5.41) is 8.77. The van der Waals surface area contributed by atoms with E-state index < -0.39 is 10.0 Å². The van der Waals surface area contributed by atoms with Gasteiger partial charge in [-0.3, -0.25) is 9.12 Å². The third-order valence-electron chi connectivity index (χ3n) is 5.16. The largest absolute Gasteiger partial charge is 0.489 e. The molecule has 7 nitrogen and oxygen atoms in total. The molecule has 0 spiro atoms. The normalized spacial score (nSPS) is 16.9. The lowest BCUT2D eigenvalue weighted by molar-refractivity contribution is 0.305. The van der Waals surface area contributed by atoms with E-state index in [0.717, 1.165) is 24.0 Å². The molecule has 2 heterocycles. The van der Waals surface area contributed by atoms with Gasteiger partial charge in [-0.2, -0.15) is 0 Å². The maximum absolute atomic E-state index is 12.3. The van der Waals surface area contributed by atoms with Crippen LogP contribution in [-0.2, 0) is 16.6 Å². The van der Waals surface area contributed by atoms with Gasteiger partial charge in [0.25, 0.3) is 0 Å². The number of nitrogens with one attached hydrogen (secondary N) is 1. The third kappa shape index (κ3) is 3.89. The number of benzene rings is 1. The summed E-state index contributed by atoms with van der Waals surface area (Å²) in [6.07, 6.45) is 5.49. The summed E-state index contributed by atoms with van der Waals surface area (Å²) in [5.74, 6) is 1.29. The summed E-state index contributed by atoms with van der Waals surface area (Å²) in [7, 11) is -3.40. The van der Waals surface area contributed by atoms with Crippen molar-refractivity contribution >= 4 is 44.8 Å². The molecular weight excluding hydrogens is 435 g/mol. The SMILES string of the molecule is O=S(=O)(Nc1nnc2cc(COc3ccc(Cl)c(Cl)c3)c(C3CC3)cn12)C1CC1. The molecule has 5 rings (SSSR count). The van der Waals surface area contributed by atoms with Gasteiger partial charge in [-0.1, -0.05) is 23.2 Å². The molecule has 2 aliphatic rings. The average molecular weight is 453 g/mol. The molecule has 3 aromatic rings. The molecule has 2 saturated carbocycles. The molecule has 152 valence electrons. The highest BCUT2D eigenvalue weighted by atomic mass is 35.5. The van der Waals surface area contributed by atoms with E-state index in [0.29, 0.717) is 46.8 Å². The van der Waals surface area contributed by atoms with E-state index in [2.05, 4.69) is 14.9 Å². The van der Waals surface area contributed by atoms with Crippen LogP contribution in [0.25, 0.3) is 5.65 Å². The summed E-state index contributed by atoms with van der Waals surface area (Å²) in [6.45, 7) is 0.344. The highest BCUT2D eigenvalue weighted by molar-refractivity contribution is 7.93. The fraction of sp³-hybridized carbons (Fsp3) is 0.368. The molecule has 2 aromatic heterocycles. The van der Waals surface area contributed by atoms with Crippen LogP contribution in [0, 0.1) is 0 Å². The Morgan fingerprint density at radius 2 is 1.90 bits per heavy atom. The number of sulfonamides is 1. The number of halogens is 2. The molecule has 0 amide bonds. The predicted octanol–water partition coefficient (Wildman–Crippen LogP) is 4.40. The number of pyridine rings is 1. The lowest BCUT2D eigenvalue weighted by atomic mass is 10.1. The Hall–Kier alpha value is -2.03. The first-order valence-corrected chi connectivity index (χ1v) is 11.7. The zero-order valence-corrected chi connectivity index (χ0v) is 17.6. The smallest absolute Gasteiger partial charge is 0.242 e. The van der Waals surface area contributed by atoms with Gasteiger partial charge in [0.2, 0.25) is 16.0 Å². The number of hydrogen-bond acceptors (Lipinski definition) is 5. The van der Waals surface area contributed by atoms with Crippen molar-refractivity contribution in [2.24, 2.45) is 0 Å². The lowest BCUT2D eigenvalue weighted by Crippen LogP contribution is -2.19. The maximum Gasteiger partial charge on any atom is 0.242 e. The standard InChI is InChI=1S/C19H18Cl2N4O3S/c20-16-6-3-13(8-17(16)21)28-10-12-7-18-22-23-19(24-29(26,27)14-4-5-14)25(18)9-15(12)11-1-2-11/h3,6-9,11,14H,1-2,4-5,10H2,(H,23,24). The zero-order valence-electron chi connectivity index (χ0n) is 15.3. The maximum atomic E-state index is 12.3.